The van der Waals surface area contributed by atoms with Crippen LogP contribution in [0.25, 0.3) is 10.9 Å². The van der Waals surface area contributed by atoms with Gasteiger partial charge in [-0.15, -0.1) is 11.3 Å². The Kier molecular flexibility index (Phi) is 6.42. The number of aliphatic imine (C=N–C) groups is 1. The molecule has 0 aliphatic carbocycles. The molecule has 5 rings (SSSR count). The Hall–Kier alpha value is -3.47. The summed E-state index contributed by atoms with van der Waals surface area (Å²) in [4.78, 5) is 17.4. The maximum atomic E-state index is 9.95. The lowest BCUT2D eigenvalue weighted by Crippen LogP contribution is -2.41. The molecule has 0 amide bonds. The molecule has 1 aliphatic heterocycles. The molecule has 0 saturated carbocycles. The molecule has 3 heterocycles. The maximum Gasteiger partial charge on any atom is 0.290 e. The minimum Gasteiger partial charge on any atom is -0.485 e. The van der Waals surface area contributed by atoms with E-state index in [1.54, 1.807) is 19.2 Å². The van der Waals surface area contributed by atoms with Gasteiger partial charge in [0.2, 0.25) is 0 Å². The highest BCUT2D eigenvalue weighted by molar-refractivity contribution is 7.09. The van der Waals surface area contributed by atoms with Gasteiger partial charge in [-0.3, -0.25) is 0 Å². The number of aliphatic hydroxyl groups is 1. The molecule has 35 heavy (non-hydrogen) atoms. The summed E-state index contributed by atoms with van der Waals surface area (Å²) in [7, 11) is 0. The van der Waals surface area contributed by atoms with Gasteiger partial charge in [-0.2, -0.15) is 0 Å². The van der Waals surface area contributed by atoms with Crippen LogP contribution < -0.4 is 15.4 Å². The molecule has 11 heteroatoms. The van der Waals surface area contributed by atoms with Crippen LogP contribution in [0.15, 0.2) is 59.3 Å². The normalized spacial score (nSPS) is 18.1. The van der Waals surface area contributed by atoms with Crippen LogP contribution >= 0.6 is 22.9 Å². The molecule has 0 unspecified atom stereocenters. The van der Waals surface area contributed by atoms with Crippen molar-refractivity contribution in [2.45, 2.75) is 32.2 Å². The lowest BCUT2D eigenvalue weighted by molar-refractivity contribution is -0.0197. The standard InChI is InChI=1S/C24H23ClN6O3S/c1-14(32)24(2)12-27-23(34-24)31-15-3-5-19-17(9-15)22(29-13-28-19)30-16-4-6-20(18(25)10-16)33-11-21-26-7-8-35-21/h3-10,13-14,32H,11-12H2,1-2H3,(H,27,31)(H,28,29,30)/t14-,24+/m1/s1. The number of nitrogens with one attached hydrogen (secondary N) is 2. The van der Waals surface area contributed by atoms with Gasteiger partial charge in [0.25, 0.3) is 6.02 Å². The number of thiazole rings is 1. The summed E-state index contributed by atoms with van der Waals surface area (Å²) >= 11 is 7.98. The van der Waals surface area contributed by atoms with E-state index in [0.29, 0.717) is 35.8 Å². The van der Waals surface area contributed by atoms with Crippen LogP contribution in [0.3, 0.4) is 0 Å². The fourth-order valence-corrected chi connectivity index (χ4v) is 4.21. The number of aromatic nitrogens is 3. The van der Waals surface area contributed by atoms with Crippen LogP contribution in [0.1, 0.15) is 18.9 Å². The first kappa shape index (κ1) is 23.3. The SMILES string of the molecule is C[C@@H](O)[C@]1(C)CN=C(Nc2ccc3ncnc(Nc4ccc(OCc5nccs5)c(Cl)c4)c3c2)O1. The summed E-state index contributed by atoms with van der Waals surface area (Å²) in [6.45, 7) is 4.25. The summed E-state index contributed by atoms with van der Waals surface area (Å²) in [5.41, 5.74) is 1.54. The van der Waals surface area contributed by atoms with Gasteiger partial charge < -0.3 is 25.2 Å². The Balaban J connectivity index is 1.33. The molecule has 9 nitrogen and oxygen atoms in total. The second-order valence-corrected chi connectivity index (χ2v) is 9.66. The Morgan fingerprint density at radius 2 is 2.00 bits per heavy atom. The highest BCUT2D eigenvalue weighted by Gasteiger charge is 2.38. The monoisotopic (exact) mass is 510 g/mol. The van der Waals surface area contributed by atoms with Gasteiger partial charge in [0.15, 0.2) is 5.60 Å². The quantitative estimate of drug-likeness (QED) is 0.318. The van der Waals surface area contributed by atoms with E-state index in [4.69, 9.17) is 21.1 Å². The number of amidine groups is 1. The van der Waals surface area contributed by atoms with E-state index in [9.17, 15) is 5.11 Å². The van der Waals surface area contributed by atoms with Crippen molar-refractivity contribution in [3.05, 3.63) is 64.3 Å². The van der Waals surface area contributed by atoms with E-state index in [1.165, 1.54) is 17.7 Å². The number of hydrogen-bond acceptors (Lipinski definition) is 10. The van der Waals surface area contributed by atoms with Gasteiger partial charge in [0, 0.05) is 28.3 Å². The van der Waals surface area contributed by atoms with Crippen molar-refractivity contribution in [1.29, 1.82) is 0 Å². The van der Waals surface area contributed by atoms with Crippen molar-refractivity contribution in [1.82, 2.24) is 15.0 Å². The molecule has 3 N–H and O–H groups in total. The number of fused-ring (bicyclic) bond motifs is 1. The molecule has 0 saturated heterocycles. The zero-order valence-electron chi connectivity index (χ0n) is 19.0. The van der Waals surface area contributed by atoms with Gasteiger partial charge in [-0.05, 0) is 50.2 Å². The Morgan fingerprint density at radius 1 is 1.17 bits per heavy atom. The van der Waals surface area contributed by atoms with Crippen molar-refractivity contribution < 1.29 is 14.6 Å². The lowest BCUT2D eigenvalue weighted by Gasteiger charge is -2.26. The molecule has 2 aromatic carbocycles. The van der Waals surface area contributed by atoms with E-state index in [1.807, 2.05) is 42.6 Å². The summed E-state index contributed by atoms with van der Waals surface area (Å²) in [5.74, 6) is 1.20. The molecule has 2 aromatic heterocycles. The van der Waals surface area contributed by atoms with Crippen molar-refractivity contribution in [2.75, 3.05) is 17.2 Å². The number of rotatable bonds is 7. The van der Waals surface area contributed by atoms with Crippen LogP contribution in [0.4, 0.5) is 17.2 Å². The predicted molar refractivity (Wildman–Crippen MR) is 138 cm³/mol. The molecular weight excluding hydrogens is 488 g/mol. The highest BCUT2D eigenvalue weighted by atomic mass is 35.5. The third kappa shape index (κ3) is 5.14. The van der Waals surface area contributed by atoms with Crippen LogP contribution in [0.2, 0.25) is 5.02 Å². The van der Waals surface area contributed by atoms with Crippen molar-refractivity contribution in [3.8, 4) is 5.75 Å². The van der Waals surface area contributed by atoms with Crippen LogP contribution in [-0.2, 0) is 11.3 Å². The fourth-order valence-electron chi connectivity index (χ4n) is 3.45. The fraction of sp³-hybridized carbons (Fsp3) is 0.250. The first-order valence-corrected chi connectivity index (χ1v) is 12.2. The molecule has 180 valence electrons. The summed E-state index contributed by atoms with van der Waals surface area (Å²) in [6, 6.07) is 11.5. The van der Waals surface area contributed by atoms with E-state index >= 15 is 0 Å². The highest BCUT2D eigenvalue weighted by Crippen LogP contribution is 2.32. The van der Waals surface area contributed by atoms with Gasteiger partial charge in [-0.25, -0.2) is 19.9 Å². The van der Waals surface area contributed by atoms with E-state index in [-0.39, 0.29) is 0 Å². The third-order valence-corrected chi connectivity index (χ3v) is 6.71. The molecule has 4 aromatic rings. The van der Waals surface area contributed by atoms with Gasteiger partial charge in [0.05, 0.1) is 23.2 Å². The summed E-state index contributed by atoms with van der Waals surface area (Å²) < 4.78 is 11.6. The van der Waals surface area contributed by atoms with Crippen LogP contribution in [0, 0.1) is 0 Å². The first-order chi connectivity index (χ1) is 16.9. The van der Waals surface area contributed by atoms with Gasteiger partial charge in [0.1, 0.15) is 29.5 Å². The van der Waals surface area contributed by atoms with E-state index in [2.05, 4.69) is 30.6 Å². The third-order valence-electron chi connectivity index (χ3n) is 5.67. The molecule has 0 bridgehead atoms. The number of hydrogen-bond donors (Lipinski definition) is 3. The summed E-state index contributed by atoms with van der Waals surface area (Å²) in [6.07, 6.45) is 2.59. The summed E-state index contributed by atoms with van der Waals surface area (Å²) in [5, 5.41) is 20.5. The van der Waals surface area contributed by atoms with Crippen molar-refractivity contribution in [2.24, 2.45) is 4.99 Å². The molecule has 0 radical (unpaired) electrons. The predicted octanol–water partition coefficient (Wildman–Crippen LogP) is 5.00. The van der Waals surface area contributed by atoms with Crippen LogP contribution in [-0.4, -0.2) is 44.3 Å². The van der Waals surface area contributed by atoms with Gasteiger partial charge >= 0.3 is 0 Å². The van der Waals surface area contributed by atoms with E-state index < -0.39 is 11.7 Å². The van der Waals surface area contributed by atoms with Crippen molar-refractivity contribution >= 4 is 57.1 Å². The molecular formula is C24H23ClN6O3S. The second-order valence-electron chi connectivity index (χ2n) is 8.28. The minimum absolute atomic E-state index is 0.360. The Bertz CT molecular complexity index is 1380. The number of nitrogens with zero attached hydrogens (tertiary/aromatic N) is 4. The second kappa shape index (κ2) is 9.65. The number of halogens is 1. The zero-order valence-corrected chi connectivity index (χ0v) is 20.6. The van der Waals surface area contributed by atoms with Gasteiger partial charge in [-0.1, -0.05) is 11.6 Å². The molecule has 2 atom stereocenters. The molecule has 0 fully saturated rings. The lowest BCUT2D eigenvalue weighted by atomic mass is 10.0. The first-order valence-electron chi connectivity index (χ1n) is 10.9. The molecule has 1 aliphatic rings. The number of ether oxygens (including phenoxy) is 2. The minimum atomic E-state index is -0.746. The maximum absolute atomic E-state index is 9.95. The Labute approximate surface area is 210 Å². The topological polar surface area (TPSA) is 114 Å². The Morgan fingerprint density at radius 3 is 2.74 bits per heavy atom. The largest absolute Gasteiger partial charge is 0.485 e. The number of anilines is 3. The average Bonchev–Trinajstić information content (AvgIpc) is 3.49. The zero-order chi connectivity index (χ0) is 24.4. The van der Waals surface area contributed by atoms with Crippen molar-refractivity contribution in [3.63, 3.8) is 0 Å². The number of benzene rings is 2. The molecule has 0 spiro atoms. The van der Waals surface area contributed by atoms with Crippen LogP contribution in [0.5, 0.6) is 5.75 Å². The smallest absolute Gasteiger partial charge is 0.290 e. The average molecular weight is 511 g/mol. The van der Waals surface area contributed by atoms with E-state index in [0.717, 1.165) is 27.3 Å². The number of aliphatic hydroxyl groups excluding tert-OH is 1.